The normalized spacial score (nSPS) is 27.1. The van der Waals surface area contributed by atoms with E-state index in [1.54, 1.807) is 28.6 Å². The maximum atomic E-state index is 12.7. The van der Waals surface area contributed by atoms with E-state index in [-0.39, 0.29) is 0 Å². The van der Waals surface area contributed by atoms with Crippen LogP contribution in [0, 0.1) is 11.8 Å². The Morgan fingerprint density at radius 3 is 2.38 bits per heavy atom. The lowest BCUT2D eigenvalue weighted by Crippen LogP contribution is -2.44. The molecule has 0 radical (unpaired) electrons. The zero-order chi connectivity index (χ0) is 14.9. The number of nitrogens with zero attached hydrogens (tertiary/aromatic N) is 1. The summed E-state index contributed by atoms with van der Waals surface area (Å²) in [5, 5.41) is 0. The van der Waals surface area contributed by atoms with Crippen LogP contribution in [-0.4, -0.2) is 25.8 Å². The molecular formula is C15H23N3O2S. The summed E-state index contributed by atoms with van der Waals surface area (Å²) < 4.78 is 27.1. The summed E-state index contributed by atoms with van der Waals surface area (Å²) in [5.41, 5.74) is 3.22. The van der Waals surface area contributed by atoms with Crippen LogP contribution in [0.15, 0.2) is 29.2 Å². The van der Waals surface area contributed by atoms with Gasteiger partial charge in [-0.3, -0.25) is 5.84 Å². The van der Waals surface area contributed by atoms with E-state index < -0.39 is 10.0 Å². The van der Waals surface area contributed by atoms with E-state index in [2.05, 4.69) is 5.43 Å². The number of nitrogen functional groups attached to an aromatic ring is 1. The van der Waals surface area contributed by atoms with Crippen molar-refractivity contribution in [2.75, 3.05) is 18.5 Å². The number of hydrogen-bond acceptors (Lipinski definition) is 4. The molecule has 1 aliphatic carbocycles. The Bertz CT molecular complexity index is 585. The SMILES string of the molecule is NNc1ccc(S(=O)(=O)N2CCC3CCCCC3C2)cc1. The number of hydrazine groups is 1. The summed E-state index contributed by atoms with van der Waals surface area (Å²) in [5.74, 6) is 6.59. The molecule has 5 nitrogen and oxygen atoms in total. The van der Waals surface area contributed by atoms with E-state index in [4.69, 9.17) is 5.84 Å². The number of fused-ring (bicyclic) bond motifs is 1. The third kappa shape index (κ3) is 2.93. The van der Waals surface area contributed by atoms with Crippen LogP contribution in [0.5, 0.6) is 0 Å². The van der Waals surface area contributed by atoms with E-state index in [1.807, 2.05) is 0 Å². The van der Waals surface area contributed by atoms with Gasteiger partial charge in [0.05, 0.1) is 4.90 Å². The number of piperidine rings is 1. The van der Waals surface area contributed by atoms with Crippen LogP contribution in [0.1, 0.15) is 32.1 Å². The van der Waals surface area contributed by atoms with E-state index in [1.165, 1.54) is 25.7 Å². The Labute approximate surface area is 126 Å². The van der Waals surface area contributed by atoms with Gasteiger partial charge in [-0.2, -0.15) is 4.31 Å². The molecule has 0 aromatic heterocycles. The molecule has 0 spiro atoms. The van der Waals surface area contributed by atoms with Crippen LogP contribution in [0.25, 0.3) is 0 Å². The molecule has 2 fully saturated rings. The Morgan fingerprint density at radius 2 is 1.71 bits per heavy atom. The zero-order valence-electron chi connectivity index (χ0n) is 12.2. The largest absolute Gasteiger partial charge is 0.324 e. The first-order valence-corrected chi connectivity index (χ1v) is 9.12. The fraction of sp³-hybridized carbons (Fsp3) is 0.600. The van der Waals surface area contributed by atoms with Crippen LogP contribution in [0.3, 0.4) is 0 Å². The summed E-state index contributed by atoms with van der Waals surface area (Å²) in [4.78, 5) is 0.357. The molecule has 1 aromatic carbocycles. The van der Waals surface area contributed by atoms with Crippen molar-refractivity contribution in [3.8, 4) is 0 Å². The molecule has 6 heteroatoms. The fourth-order valence-corrected chi connectivity index (χ4v) is 5.17. The molecule has 2 aliphatic rings. The van der Waals surface area contributed by atoms with E-state index >= 15 is 0 Å². The maximum absolute atomic E-state index is 12.7. The van der Waals surface area contributed by atoms with Gasteiger partial charge in [-0.1, -0.05) is 19.3 Å². The molecule has 3 rings (SSSR count). The zero-order valence-corrected chi connectivity index (χ0v) is 13.0. The minimum absolute atomic E-state index is 0.357. The molecule has 3 N–H and O–H groups in total. The first-order chi connectivity index (χ1) is 10.1. The lowest BCUT2D eigenvalue weighted by molar-refractivity contribution is 0.136. The van der Waals surface area contributed by atoms with Gasteiger partial charge in [-0.25, -0.2) is 8.42 Å². The lowest BCUT2D eigenvalue weighted by atomic mass is 9.76. The molecule has 1 aromatic rings. The van der Waals surface area contributed by atoms with Gasteiger partial charge >= 0.3 is 0 Å². The van der Waals surface area contributed by atoms with Gasteiger partial charge in [0.15, 0.2) is 0 Å². The van der Waals surface area contributed by atoms with Gasteiger partial charge in [0.1, 0.15) is 0 Å². The second-order valence-electron chi connectivity index (χ2n) is 6.13. The highest BCUT2D eigenvalue weighted by Crippen LogP contribution is 2.37. The van der Waals surface area contributed by atoms with Crippen LogP contribution in [0.2, 0.25) is 0 Å². The highest BCUT2D eigenvalue weighted by molar-refractivity contribution is 7.89. The van der Waals surface area contributed by atoms with Crippen molar-refractivity contribution < 1.29 is 8.42 Å². The first-order valence-electron chi connectivity index (χ1n) is 7.68. The third-order valence-corrected chi connectivity index (χ3v) is 6.79. The second kappa shape index (κ2) is 5.94. The van der Waals surface area contributed by atoms with Crippen molar-refractivity contribution in [3.63, 3.8) is 0 Å². The number of benzene rings is 1. The molecule has 0 bridgehead atoms. The maximum Gasteiger partial charge on any atom is 0.243 e. The Hall–Kier alpha value is -1.11. The summed E-state index contributed by atoms with van der Waals surface area (Å²) in [7, 11) is -3.37. The molecule has 21 heavy (non-hydrogen) atoms. The average molecular weight is 309 g/mol. The van der Waals surface area contributed by atoms with Crippen LogP contribution in [0.4, 0.5) is 5.69 Å². The second-order valence-corrected chi connectivity index (χ2v) is 8.06. The molecular weight excluding hydrogens is 286 g/mol. The highest BCUT2D eigenvalue weighted by atomic mass is 32.2. The lowest BCUT2D eigenvalue weighted by Gasteiger charge is -2.40. The highest BCUT2D eigenvalue weighted by Gasteiger charge is 2.36. The molecule has 1 saturated heterocycles. The fourth-order valence-electron chi connectivity index (χ4n) is 3.66. The van der Waals surface area contributed by atoms with E-state index in [9.17, 15) is 8.42 Å². The molecule has 2 atom stereocenters. The standard InChI is InChI=1S/C15H23N3O2S/c16-17-14-5-7-15(8-6-14)21(19,20)18-10-9-12-3-1-2-4-13(12)11-18/h5-8,12-13,17H,1-4,9-11,16H2. The Balaban J connectivity index is 1.78. The van der Waals surface area contributed by atoms with Gasteiger partial charge in [0, 0.05) is 18.8 Å². The van der Waals surface area contributed by atoms with E-state index in [0.29, 0.717) is 29.6 Å². The van der Waals surface area contributed by atoms with Crippen molar-refractivity contribution in [1.29, 1.82) is 0 Å². The molecule has 1 saturated carbocycles. The minimum Gasteiger partial charge on any atom is -0.324 e. The van der Waals surface area contributed by atoms with Crippen LogP contribution >= 0.6 is 0 Å². The van der Waals surface area contributed by atoms with Crippen molar-refractivity contribution in [3.05, 3.63) is 24.3 Å². The van der Waals surface area contributed by atoms with E-state index in [0.717, 1.165) is 12.3 Å². The van der Waals surface area contributed by atoms with Crippen LogP contribution < -0.4 is 11.3 Å². The number of hydrogen-bond donors (Lipinski definition) is 2. The van der Waals surface area contributed by atoms with Crippen molar-refractivity contribution >= 4 is 15.7 Å². The number of sulfonamides is 1. The van der Waals surface area contributed by atoms with Gasteiger partial charge < -0.3 is 5.43 Å². The first kappa shape index (κ1) is 14.8. The molecule has 0 amide bonds. The van der Waals surface area contributed by atoms with Gasteiger partial charge in [0.2, 0.25) is 10.0 Å². The monoisotopic (exact) mass is 309 g/mol. The Morgan fingerprint density at radius 1 is 1.05 bits per heavy atom. The molecule has 2 unspecified atom stereocenters. The quantitative estimate of drug-likeness (QED) is 0.663. The Kier molecular flexibility index (Phi) is 4.19. The number of nitrogens with one attached hydrogen (secondary N) is 1. The minimum atomic E-state index is -3.37. The number of nitrogens with two attached hydrogens (primary N) is 1. The van der Waals surface area contributed by atoms with Gasteiger partial charge in [0.25, 0.3) is 0 Å². The van der Waals surface area contributed by atoms with Crippen LogP contribution in [-0.2, 0) is 10.0 Å². The molecule has 116 valence electrons. The van der Waals surface area contributed by atoms with Gasteiger partial charge in [-0.15, -0.1) is 0 Å². The smallest absolute Gasteiger partial charge is 0.243 e. The third-order valence-electron chi connectivity index (χ3n) is 4.91. The summed E-state index contributed by atoms with van der Waals surface area (Å²) in [6.45, 7) is 1.34. The van der Waals surface area contributed by atoms with Crippen molar-refractivity contribution in [2.24, 2.45) is 17.7 Å². The van der Waals surface area contributed by atoms with Gasteiger partial charge in [-0.05, 0) is 48.9 Å². The number of rotatable bonds is 3. The summed E-state index contributed by atoms with van der Waals surface area (Å²) in [6, 6.07) is 6.63. The molecule has 1 heterocycles. The van der Waals surface area contributed by atoms with Crippen molar-refractivity contribution in [1.82, 2.24) is 4.31 Å². The average Bonchev–Trinajstić information content (AvgIpc) is 2.54. The predicted octanol–water partition coefficient (Wildman–Crippen LogP) is 2.17. The molecule has 1 aliphatic heterocycles. The number of anilines is 1. The summed E-state index contributed by atoms with van der Waals surface area (Å²) >= 11 is 0. The van der Waals surface area contributed by atoms with Crippen molar-refractivity contribution in [2.45, 2.75) is 37.0 Å². The summed E-state index contributed by atoms with van der Waals surface area (Å²) in [6.07, 6.45) is 6.00. The topological polar surface area (TPSA) is 75.4 Å². The predicted molar refractivity (Wildman–Crippen MR) is 83.1 cm³/mol.